The van der Waals surface area contributed by atoms with Gasteiger partial charge >= 0.3 is 0 Å². The van der Waals surface area contributed by atoms with Gasteiger partial charge in [0.05, 0.1) is 0 Å². The predicted octanol–water partition coefficient (Wildman–Crippen LogP) is 4.35. The largest absolute Gasteiger partial charge is 0.457 e. The standard InChI is InChI=1S/C18H21NO/c1-13-3-8-17(9-4-13)20-18-10-5-15(14(2)11-18)12-19-16-6-7-16/h3-5,8-11,16,19H,6-7,12H2,1-2H3. The Morgan fingerprint density at radius 2 is 1.70 bits per heavy atom. The fourth-order valence-corrected chi connectivity index (χ4v) is 2.21. The van der Waals surface area contributed by atoms with Crippen LogP contribution in [0.2, 0.25) is 0 Å². The third kappa shape index (κ3) is 3.40. The van der Waals surface area contributed by atoms with Crippen molar-refractivity contribution in [3.05, 3.63) is 59.2 Å². The first kappa shape index (κ1) is 13.2. The molecule has 1 aliphatic carbocycles. The van der Waals surface area contributed by atoms with Gasteiger partial charge in [0.25, 0.3) is 0 Å². The molecule has 20 heavy (non-hydrogen) atoms. The van der Waals surface area contributed by atoms with Gasteiger partial charge in [-0.2, -0.15) is 0 Å². The summed E-state index contributed by atoms with van der Waals surface area (Å²) in [5.41, 5.74) is 3.88. The minimum Gasteiger partial charge on any atom is -0.457 e. The van der Waals surface area contributed by atoms with E-state index in [9.17, 15) is 0 Å². The normalized spacial score (nSPS) is 14.3. The first-order valence-corrected chi connectivity index (χ1v) is 7.28. The molecule has 0 bridgehead atoms. The highest BCUT2D eigenvalue weighted by Gasteiger charge is 2.20. The van der Waals surface area contributed by atoms with Crippen LogP contribution in [0, 0.1) is 13.8 Å². The summed E-state index contributed by atoms with van der Waals surface area (Å²) >= 11 is 0. The van der Waals surface area contributed by atoms with Crippen LogP contribution in [0.15, 0.2) is 42.5 Å². The van der Waals surface area contributed by atoms with Crippen LogP contribution >= 0.6 is 0 Å². The third-order valence-electron chi connectivity index (χ3n) is 3.73. The maximum Gasteiger partial charge on any atom is 0.127 e. The zero-order valence-corrected chi connectivity index (χ0v) is 12.1. The van der Waals surface area contributed by atoms with Crippen LogP contribution in [-0.2, 0) is 6.54 Å². The van der Waals surface area contributed by atoms with Crippen molar-refractivity contribution >= 4 is 0 Å². The van der Waals surface area contributed by atoms with Crippen molar-refractivity contribution in [2.45, 2.75) is 39.3 Å². The predicted molar refractivity (Wildman–Crippen MR) is 82.3 cm³/mol. The molecule has 1 fully saturated rings. The Hall–Kier alpha value is -1.80. The molecular weight excluding hydrogens is 246 g/mol. The minimum atomic E-state index is 0.748. The van der Waals surface area contributed by atoms with E-state index < -0.39 is 0 Å². The van der Waals surface area contributed by atoms with Gasteiger partial charge in [-0.1, -0.05) is 23.8 Å². The highest BCUT2D eigenvalue weighted by Crippen LogP contribution is 2.25. The molecule has 104 valence electrons. The molecule has 0 amide bonds. The summed E-state index contributed by atoms with van der Waals surface area (Å²) in [4.78, 5) is 0. The first-order valence-electron chi connectivity index (χ1n) is 7.28. The van der Waals surface area contributed by atoms with Crippen LogP contribution in [0.3, 0.4) is 0 Å². The molecule has 3 rings (SSSR count). The first-order chi connectivity index (χ1) is 9.70. The number of rotatable bonds is 5. The Morgan fingerprint density at radius 3 is 2.35 bits per heavy atom. The summed E-state index contributed by atoms with van der Waals surface area (Å²) in [6.07, 6.45) is 2.65. The zero-order valence-electron chi connectivity index (χ0n) is 12.1. The van der Waals surface area contributed by atoms with Crippen LogP contribution in [0.5, 0.6) is 11.5 Å². The van der Waals surface area contributed by atoms with Crippen LogP contribution < -0.4 is 10.1 Å². The molecule has 1 saturated carbocycles. The molecule has 1 aliphatic rings. The van der Waals surface area contributed by atoms with Crippen molar-refractivity contribution in [1.82, 2.24) is 5.32 Å². The molecule has 2 heteroatoms. The Balaban J connectivity index is 1.67. The van der Waals surface area contributed by atoms with E-state index in [1.165, 1.54) is 29.5 Å². The Bertz CT molecular complexity index is 585. The smallest absolute Gasteiger partial charge is 0.127 e. The molecule has 2 aromatic rings. The number of benzene rings is 2. The molecule has 0 aliphatic heterocycles. The van der Waals surface area contributed by atoms with Crippen molar-refractivity contribution in [2.24, 2.45) is 0 Å². The monoisotopic (exact) mass is 267 g/mol. The van der Waals surface area contributed by atoms with E-state index in [1.807, 2.05) is 12.1 Å². The number of ether oxygens (including phenoxy) is 1. The van der Waals surface area contributed by atoms with Crippen molar-refractivity contribution in [1.29, 1.82) is 0 Å². The Morgan fingerprint density at radius 1 is 1.00 bits per heavy atom. The average Bonchev–Trinajstić information content (AvgIpc) is 3.25. The molecule has 0 unspecified atom stereocenters. The van der Waals surface area contributed by atoms with Gasteiger partial charge in [0.2, 0.25) is 0 Å². The van der Waals surface area contributed by atoms with E-state index in [-0.39, 0.29) is 0 Å². The van der Waals surface area contributed by atoms with E-state index in [1.54, 1.807) is 0 Å². The summed E-state index contributed by atoms with van der Waals surface area (Å²) in [5.74, 6) is 1.79. The van der Waals surface area contributed by atoms with Gasteiger partial charge in [-0.05, 0) is 62.1 Å². The molecule has 2 nitrogen and oxygen atoms in total. The fourth-order valence-electron chi connectivity index (χ4n) is 2.21. The lowest BCUT2D eigenvalue weighted by Gasteiger charge is -2.11. The number of aryl methyl sites for hydroxylation is 2. The van der Waals surface area contributed by atoms with Crippen molar-refractivity contribution in [2.75, 3.05) is 0 Å². The molecule has 0 radical (unpaired) electrons. The van der Waals surface area contributed by atoms with Crippen LogP contribution in [0.4, 0.5) is 0 Å². The summed E-state index contributed by atoms with van der Waals surface area (Å²) in [5, 5.41) is 3.55. The second-order valence-electron chi connectivity index (χ2n) is 5.66. The van der Waals surface area contributed by atoms with Gasteiger partial charge in [-0.3, -0.25) is 0 Å². The van der Waals surface area contributed by atoms with E-state index in [0.717, 1.165) is 24.1 Å². The highest BCUT2D eigenvalue weighted by atomic mass is 16.5. The zero-order chi connectivity index (χ0) is 13.9. The van der Waals surface area contributed by atoms with Gasteiger partial charge in [0.15, 0.2) is 0 Å². The van der Waals surface area contributed by atoms with Crippen molar-refractivity contribution < 1.29 is 4.74 Å². The van der Waals surface area contributed by atoms with Crippen molar-refractivity contribution in [3.63, 3.8) is 0 Å². The molecule has 2 aromatic carbocycles. The second-order valence-corrected chi connectivity index (χ2v) is 5.66. The maximum absolute atomic E-state index is 5.89. The molecule has 1 N–H and O–H groups in total. The summed E-state index contributed by atoms with van der Waals surface area (Å²) in [7, 11) is 0. The molecule has 0 spiro atoms. The van der Waals surface area contributed by atoms with Crippen molar-refractivity contribution in [3.8, 4) is 11.5 Å². The van der Waals surface area contributed by atoms with Crippen LogP contribution in [0.1, 0.15) is 29.5 Å². The molecular formula is C18H21NO. The van der Waals surface area contributed by atoms with Gasteiger partial charge in [-0.25, -0.2) is 0 Å². The van der Waals surface area contributed by atoms with E-state index in [0.29, 0.717) is 0 Å². The van der Waals surface area contributed by atoms with Gasteiger partial charge in [0.1, 0.15) is 11.5 Å². The topological polar surface area (TPSA) is 21.3 Å². The quantitative estimate of drug-likeness (QED) is 0.869. The average molecular weight is 267 g/mol. The summed E-state index contributed by atoms with van der Waals surface area (Å²) in [6.45, 7) is 5.18. The van der Waals surface area contributed by atoms with Crippen LogP contribution in [0.25, 0.3) is 0 Å². The minimum absolute atomic E-state index is 0.748. The lowest BCUT2D eigenvalue weighted by Crippen LogP contribution is -2.15. The molecule has 0 atom stereocenters. The van der Waals surface area contributed by atoms with Gasteiger partial charge in [0, 0.05) is 12.6 Å². The molecule has 0 heterocycles. The summed E-state index contributed by atoms with van der Waals surface area (Å²) in [6, 6.07) is 15.2. The SMILES string of the molecule is Cc1ccc(Oc2ccc(CNC3CC3)c(C)c2)cc1. The van der Waals surface area contributed by atoms with E-state index in [2.05, 4.69) is 49.5 Å². The maximum atomic E-state index is 5.89. The fraction of sp³-hybridized carbons (Fsp3) is 0.333. The lowest BCUT2D eigenvalue weighted by molar-refractivity contribution is 0.481. The number of hydrogen-bond donors (Lipinski definition) is 1. The van der Waals surface area contributed by atoms with E-state index in [4.69, 9.17) is 4.74 Å². The van der Waals surface area contributed by atoms with E-state index >= 15 is 0 Å². The van der Waals surface area contributed by atoms with Gasteiger partial charge in [-0.15, -0.1) is 0 Å². The van der Waals surface area contributed by atoms with Gasteiger partial charge < -0.3 is 10.1 Å². The Kier molecular flexibility index (Phi) is 3.75. The molecule has 0 saturated heterocycles. The van der Waals surface area contributed by atoms with Crippen LogP contribution in [-0.4, -0.2) is 6.04 Å². The number of nitrogens with one attached hydrogen (secondary N) is 1. The highest BCUT2D eigenvalue weighted by molar-refractivity contribution is 5.38. The lowest BCUT2D eigenvalue weighted by atomic mass is 10.1. The second kappa shape index (κ2) is 5.68. The molecule has 0 aromatic heterocycles. The number of hydrogen-bond acceptors (Lipinski definition) is 2. The Labute approximate surface area is 120 Å². The summed E-state index contributed by atoms with van der Waals surface area (Å²) < 4.78 is 5.89. The third-order valence-corrected chi connectivity index (χ3v) is 3.73.